The molecule has 0 atom stereocenters. The van der Waals surface area contributed by atoms with E-state index in [2.05, 4.69) is 240 Å². The van der Waals surface area contributed by atoms with Gasteiger partial charge < -0.3 is 9.47 Å². The Hall–Kier alpha value is -7.94. The van der Waals surface area contributed by atoms with E-state index < -0.39 is 0 Å². The van der Waals surface area contributed by atoms with Gasteiger partial charge in [0.25, 0.3) is 0 Å². The highest BCUT2D eigenvalue weighted by molar-refractivity contribution is 6.34. The van der Waals surface area contributed by atoms with E-state index in [1.807, 2.05) is 0 Å². The third kappa shape index (κ3) is 5.42. The summed E-state index contributed by atoms with van der Waals surface area (Å²) in [5.74, 6) is 0. The number of para-hydroxylation sites is 3. The zero-order valence-corrected chi connectivity index (χ0v) is 32.8. The number of hydrogen-bond donors (Lipinski definition) is 0. The first-order valence-electron chi connectivity index (χ1n) is 20.7. The molecule has 0 N–H and O–H groups in total. The molecule has 0 amide bonds. The maximum atomic E-state index is 2.42. The summed E-state index contributed by atoms with van der Waals surface area (Å²) < 4.78 is 2.42. The van der Waals surface area contributed by atoms with Crippen molar-refractivity contribution in [3.8, 4) is 39.1 Å². The fraction of sp³-hybridized carbons (Fsp3) is 0. The molecule has 60 heavy (non-hydrogen) atoms. The van der Waals surface area contributed by atoms with Crippen LogP contribution in [-0.2, 0) is 0 Å². The summed E-state index contributed by atoms with van der Waals surface area (Å²) in [6.07, 6.45) is 0. The van der Waals surface area contributed by atoms with Crippen LogP contribution in [0, 0.1) is 0 Å². The molecule has 0 aliphatic rings. The summed E-state index contributed by atoms with van der Waals surface area (Å²) in [4.78, 5) is 2.39. The van der Waals surface area contributed by atoms with Crippen LogP contribution in [0.4, 0.5) is 17.1 Å². The molecule has 0 bridgehead atoms. The molecule has 0 saturated carbocycles. The van der Waals surface area contributed by atoms with Crippen LogP contribution in [0.3, 0.4) is 0 Å². The van der Waals surface area contributed by atoms with Gasteiger partial charge >= 0.3 is 0 Å². The van der Waals surface area contributed by atoms with Crippen molar-refractivity contribution < 1.29 is 0 Å². The van der Waals surface area contributed by atoms with Crippen LogP contribution in [0.15, 0.2) is 231 Å². The topological polar surface area (TPSA) is 8.17 Å². The van der Waals surface area contributed by atoms with Crippen LogP contribution in [0.1, 0.15) is 0 Å². The van der Waals surface area contributed by atoms with Gasteiger partial charge in [-0.05, 0) is 121 Å². The largest absolute Gasteiger partial charge is 0.310 e. The second kappa shape index (κ2) is 13.9. The van der Waals surface area contributed by atoms with Gasteiger partial charge in [-0.2, -0.15) is 0 Å². The minimum atomic E-state index is 1.10. The van der Waals surface area contributed by atoms with Gasteiger partial charge in [0.05, 0.1) is 16.7 Å². The molecule has 1 heterocycles. The van der Waals surface area contributed by atoms with E-state index in [1.54, 1.807) is 0 Å². The van der Waals surface area contributed by atoms with Gasteiger partial charge in [0, 0.05) is 33.4 Å². The first-order valence-corrected chi connectivity index (χ1v) is 20.7. The van der Waals surface area contributed by atoms with Crippen molar-refractivity contribution in [1.82, 2.24) is 4.57 Å². The van der Waals surface area contributed by atoms with Gasteiger partial charge in [-0.25, -0.2) is 0 Å². The SMILES string of the molecule is c1ccc(-c2ccc(N(c3ccccc3)c3ccc(-c4ccc5ccc6cc7c(c8ccc4c5c68)c4ccccc4n7-c4ccccc4)cc3)c(-c3ccccc3)c2)cc1. The van der Waals surface area contributed by atoms with Crippen LogP contribution in [-0.4, -0.2) is 4.57 Å². The molecule has 2 nitrogen and oxygen atoms in total. The fourth-order valence-corrected chi connectivity index (χ4v) is 9.62. The van der Waals surface area contributed by atoms with Crippen molar-refractivity contribution in [2.75, 3.05) is 4.90 Å². The Kier molecular flexibility index (Phi) is 7.89. The molecule has 0 saturated heterocycles. The summed E-state index contributed by atoms with van der Waals surface area (Å²) in [6.45, 7) is 0. The van der Waals surface area contributed by atoms with Gasteiger partial charge in [-0.1, -0.05) is 170 Å². The van der Waals surface area contributed by atoms with E-state index in [1.165, 1.54) is 93.2 Å². The van der Waals surface area contributed by atoms with Gasteiger partial charge in [0.1, 0.15) is 0 Å². The van der Waals surface area contributed by atoms with Gasteiger partial charge in [-0.3, -0.25) is 0 Å². The highest BCUT2D eigenvalue weighted by atomic mass is 15.1. The fourth-order valence-electron chi connectivity index (χ4n) is 9.62. The Morgan fingerprint density at radius 1 is 0.300 bits per heavy atom. The number of rotatable bonds is 7. The smallest absolute Gasteiger partial charge is 0.0553 e. The molecule has 0 radical (unpaired) electrons. The molecule has 0 spiro atoms. The van der Waals surface area contributed by atoms with Crippen molar-refractivity contribution in [2.24, 2.45) is 0 Å². The number of fused-ring (bicyclic) bond motifs is 4. The molecule has 280 valence electrons. The maximum Gasteiger partial charge on any atom is 0.0553 e. The van der Waals surface area contributed by atoms with E-state index in [4.69, 9.17) is 0 Å². The van der Waals surface area contributed by atoms with Gasteiger partial charge in [-0.15, -0.1) is 0 Å². The van der Waals surface area contributed by atoms with Crippen molar-refractivity contribution >= 4 is 71.2 Å². The number of benzene rings is 11. The van der Waals surface area contributed by atoms with Crippen molar-refractivity contribution in [3.05, 3.63) is 231 Å². The molecule has 0 aliphatic carbocycles. The molecule has 0 aliphatic heterocycles. The number of nitrogens with zero attached hydrogens (tertiary/aromatic N) is 2. The standard InChI is InChI=1S/C58H38N2/c1-5-15-39(16-6-1)43-30-36-54(52(37-43)40-17-7-2-8-18-40)59(45-19-9-3-10-20-45)47-31-27-41(28-32-47)48-33-29-42-25-26-44-38-55-58(51-35-34-49(48)56(42)57(44)51)50-23-13-14-24-53(50)60(55)46-21-11-4-12-22-46/h1-38H. The average molecular weight is 763 g/mol. The van der Waals surface area contributed by atoms with Crippen molar-refractivity contribution in [2.45, 2.75) is 0 Å². The zero-order chi connectivity index (χ0) is 39.6. The third-order valence-electron chi connectivity index (χ3n) is 12.3. The van der Waals surface area contributed by atoms with Crippen LogP contribution >= 0.6 is 0 Å². The van der Waals surface area contributed by atoms with Crippen LogP contribution in [0.25, 0.3) is 93.2 Å². The predicted octanol–water partition coefficient (Wildman–Crippen LogP) is 16.2. The molecule has 1 aromatic heterocycles. The highest BCUT2D eigenvalue weighted by Crippen LogP contribution is 2.47. The average Bonchev–Trinajstić information content (AvgIpc) is 3.66. The normalized spacial score (nSPS) is 11.7. The van der Waals surface area contributed by atoms with E-state index >= 15 is 0 Å². The Labute approximate surface area is 348 Å². The predicted molar refractivity (Wildman–Crippen MR) is 255 cm³/mol. The summed E-state index contributed by atoms with van der Waals surface area (Å²) in [6, 6.07) is 84.1. The second-order valence-electron chi connectivity index (χ2n) is 15.7. The van der Waals surface area contributed by atoms with Gasteiger partial charge in [0.2, 0.25) is 0 Å². The quantitative estimate of drug-likeness (QED) is 0.147. The van der Waals surface area contributed by atoms with Gasteiger partial charge in [0.15, 0.2) is 0 Å². The lowest BCUT2D eigenvalue weighted by Crippen LogP contribution is -2.11. The van der Waals surface area contributed by atoms with Crippen LogP contribution < -0.4 is 4.90 Å². The Morgan fingerprint density at radius 2 is 0.867 bits per heavy atom. The van der Waals surface area contributed by atoms with Crippen molar-refractivity contribution in [3.63, 3.8) is 0 Å². The molecule has 0 unspecified atom stereocenters. The van der Waals surface area contributed by atoms with Crippen molar-refractivity contribution in [1.29, 1.82) is 0 Å². The summed E-state index contributed by atoms with van der Waals surface area (Å²) in [5.41, 5.74) is 14.2. The van der Waals surface area contributed by atoms with E-state index in [0.717, 1.165) is 17.1 Å². The molecule has 12 rings (SSSR count). The van der Waals surface area contributed by atoms with E-state index in [9.17, 15) is 0 Å². The molecular formula is C58H38N2. The molecule has 12 aromatic rings. The number of hydrogen-bond acceptors (Lipinski definition) is 1. The third-order valence-corrected chi connectivity index (χ3v) is 12.3. The van der Waals surface area contributed by atoms with Crippen LogP contribution in [0.5, 0.6) is 0 Å². The molecular weight excluding hydrogens is 725 g/mol. The first kappa shape index (κ1) is 34.1. The summed E-state index contributed by atoms with van der Waals surface area (Å²) >= 11 is 0. The summed E-state index contributed by atoms with van der Waals surface area (Å²) in [5, 5.41) is 10.3. The Bertz CT molecular complexity index is 3500. The Morgan fingerprint density at radius 3 is 1.63 bits per heavy atom. The monoisotopic (exact) mass is 762 g/mol. The first-order chi connectivity index (χ1) is 29.8. The van der Waals surface area contributed by atoms with E-state index in [-0.39, 0.29) is 0 Å². The maximum absolute atomic E-state index is 2.42. The minimum absolute atomic E-state index is 1.10. The molecule has 11 aromatic carbocycles. The number of anilines is 3. The highest BCUT2D eigenvalue weighted by Gasteiger charge is 2.21. The summed E-state index contributed by atoms with van der Waals surface area (Å²) in [7, 11) is 0. The van der Waals surface area contributed by atoms with E-state index in [0.29, 0.717) is 0 Å². The minimum Gasteiger partial charge on any atom is -0.310 e. The zero-order valence-electron chi connectivity index (χ0n) is 32.8. The number of aromatic nitrogens is 1. The Balaban J connectivity index is 1.02. The lowest BCUT2D eigenvalue weighted by molar-refractivity contribution is 1.18. The lowest BCUT2D eigenvalue weighted by Gasteiger charge is -2.28. The second-order valence-corrected chi connectivity index (χ2v) is 15.7. The lowest BCUT2D eigenvalue weighted by atomic mass is 9.88. The molecule has 2 heteroatoms. The van der Waals surface area contributed by atoms with Crippen LogP contribution in [0.2, 0.25) is 0 Å². The molecule has 0 fully saturated rings.